The van der Waals surface area contributed by atoms with Gasteiger partial charge in [0.25, 0.3) is 0 Å². The molecule has 0 fully saturated rings. The molecule has 3 nitrogen and oxygen atoms in total. The standard InChI is InChI=1S/C21H27ClNO2.ClH/c1-4-9-17-10-6-8-13-21(17)25-16-19(24)15-23(2,3)14-18-11-5-7-12-20(18)22;/h4-8,10-13,19,24H,1,9,14-16H2,2-3H3;1H/q+1;/p-1. The Morgan fingerprint density at radius 2 is 1.73 bits per heavy atom. The van der Waals surface area contributed by atoms with Gasteiger partial charge in [-0.15, -0.1) is 6.58 Å². The molecule has 5 heteroatoms. The first-order valence-electron chi connectivity index (χ1n) is 8.46. The number of hydrogen-bond donors (Lipinski definition) is 1. The lowest BCUT2D eigenvalue weighted by Crippen LogP contribution is -3.00. The molecule has 0 amide bonds. The minimum absolute atomic E-state index is 0. The Morgan fingerprint density at radius 3 is 2.38 bits per heavy atom. The largest absolute Gasteiger partial charge is 1.00 e. The van der Waals surface area contributed by atoms with Crippen LogP contribution >= 0.6 is 11.6 Å². The van der Waals surface area contributed by atoms with Crippen LogP contribution < -0.4 is 17.1 Å². The molecule has 0 spiro atoms. The van der Waals surface area contributed by atoms with Gasteiger partial charge in [-0.1, -0.05) is 54.1 Å². The molecule has 142 valence electrons. The molecule has 1 unspecified atom stereocenters. The van der Waals surface area contributed by atoms with Gasteiger partial charge in [0.2, 0.25) is 0 Å². The van der Waals surface area contributed by atoms with Gasteiger partial charge in [-0.2, -0.15) is 0 Å². The Bertz CT molecular complexity index is 704. The number of aliphatic hydroxyl groups is 1. The van der Waals surface area contributed by atoms with Crippen molar-refractivity contribution in [2.45, 2.75) is 19.1 Å². The van der Waals surface area contributed by atoms with Crippen LogP contribution in [0.25, 0.3) is 0 Å². The average molecular weight is 396 g/mol. The average Bonchev–Trinajstić information content (AvgIpc) is 2.56. The summed E-state index contributed by atoms with van der Waals surface area (Å²) in [5, 5.41) is 11.2. The van der Waals surface area contributed by atoms with Crippen LogP contribution in [0.3, 0.4) is 0 Å². The van der Waals surface area contributed by atoms with Crippen molar-refractivity contribution in [3.63, 3.8) is 0 Å². The number of allylic oxidation sites excluding steroid dienone is 1. The molecule has 0 bridgehead atoms. The van der Waals surface area contributed by atoms with Crippen LogP contribution in [0.4, 0.5) is 0 Å². The van der Waals surface area contributed by atoms with Crippen LogP contribution in [0.2, 0.25) is 5.02 Å². The summed E-state index contributed by atoms with van der Waals surface area (Å²) in [6, 6.07) is 15.7. The zero-order chi connectivity index (χ0) is 18.3. The van der Waals surface area contributed by atoms with Crippen molar-refractivity contribution in [3.05, 3.63) is 77.3 Å². The maximum absolute atomic E-state index is 10.4. The molecule has 1 N–H and O–H groups in total. The summed E-state index contributed by atoms with van der Waals surface area (Å²) in [6.45, 7) is 5.36. The van der Waals surface area contributed by atoms with Gasteiger partial charge in [-0.25, -0.2) is 0 Å². The normalized spacial score (nSPS) is 12.2. The van der Waals surface area contributed by atoms with Crippen LogP contribution in [-0.2, 0) is 13.0 Å². The van der Waals surface area contributed by atoms with Crippen LogP contribution in [0, 0.1) is 0 Å². The fourth-order valence-corrected chi connectivity index (χ4v) is 3.13. The molecule has 0 aliphatic rings. The van der Waals surface area contributed by atoms with Crippen LogP contribution in [0.15, 0.2) is 61.2 Å². The highest BCUT2D eigenvalue weighted by atomic mass is 35.5. The van der Waals surface area contributed by atoms with Gasteiger partial charge in [0, 0.05) is 10.6 Å². The molecule has 0 radical (unpaired) electrons. The number of nitrogens with zero attached hydrogens (tertiary/aromatic N) is 1. The predicted molar refractivity (Wildman–Crippen MR) is 104 cm³/mol. The molecule has 26 heavy (non-hydrogen) atoms. The summed E-state index contributed by atoms with van der Waals surface area (Å²) in [4.78, 5) is 0. The lowest BCUT2D eigenvalue weighted by atomic mass is 10.1. The topological polar surface area (TPSA) is 29.5 Å². The second kappa shape index (κ2) is 10.6. The van der Waals surface area contributed by atoms with E-state index in [4.69, 9.17) is 16.3 Å². The number of benzene rings is 2. The minimum atomic E-state index is -0.561. The van der Waals surface area contributed by atoms with Gasteiger partial charge in [0.1, 0.15) is 31.5 Å². The third-order valence-corrected chi connectivity index (χ3v) is 4.40. The fraction of sp³-hybridized carbons (Fsp3) is 0.333. The van der Waals surface area contributed by atoms with Crippen LogP contribution in [-0.4, -0.2) is 42.9 Å². The summed E-state index contributed by atoms with van der Waals surface area (Å²) in [7, 11) is 4.16. The van der Waals surface area contributed by atoms with E-state index in [0.717, 1.165) is 34.9 Å². The molecule has 0 saturated carbocycles. The second-order valence-corrected chi connectivity index (χ2v) is 7.34. The van der Waals surface area contributed by atoms with Gasteiger partial charge in [-0.3, -0.25) is 0 Å². The molecular formula is C21H27Cl2NO2. The van der Waals surface area contributed by atoms with Gasteiger partial charge in [0.15, 0.2) is 0 Å². The third-order valence-electron chi connectivity index (χ3n) is 4.03. The molecule has 2 rings (SSSR count). The van der Waals surface area contributed by atoms with Crippen molar-refractivity contribution in [2.75, 3.05) is 27.2 Å². The molecule has 0 aliphatic carbocycles. The maximum atomic E-state index is 10.4. The van der Waals surface area contributed by atoms with E-state index >= 15 is 0 Å². The summed E-state index contributed by atoms with van der Waals surface area (Å²) >= 11 is 6.25. The van der Waals surface area contributed by atoms with Crippen molar-refractivity contribution >= 4 is 11.6 Å². The molecule has 0 heterocycles. The first-order valence-corrected chi connectivity index (χ1v) is 8.84. The van der Waals surface area contributed by atoms with E-state index in [-0.39, 0.29) is 19.0 Å². The van der Waals surface area contributed by atoms with Gasteiger partial charge < -0.3 is 26.7 Å². The molecule has 0 aromatic heterocycles. The monoisotopic (exact) mass is 395 g/mol. The van der Waals surface area contributed by atoms with Crippen molar-refractivity contribution in [3.8, 4) is 5.75 Å². The first-order chi connectivity index (χ1) is 11.9. The molecule has 2 aromatic rings. The van der Waals surface area contributed by atoms with E-state index < -0.39 is 6.10 Å². The Kier molecular flexibility index (Phi) is 9.17. The predicted octanol–water partition coefficient (Wildman–Crippen LogP) is 1.09. The summed E-state index contributed by atoms with van der Waals surface area (Å²) in [5.41, 5.74) is 2.16. The third kappa shape index (κ3) is 7.00. The maximum Gasteiger partial charge on any atom is 0.137 e. The van der Waals surface area contributed by atoms with Crippen LogP contribution in [0.1, 0.15) is 11.1 Å². The van der Waals surface area contributed by atoms with Gasteiger partial charge in [0.05, 0.1) is 14.1 Å². The number of ether oxygens (including phenoxy) is 1. The van der Waals surface area contributed by atoms with Crippen LogP contribution in [0.5, 0.6) is 5.75 Å². The SMILES string of the molecule is C=CCc1ccccc1OCC(O)C[N+](C)(C)Cc1ccccc1Cl.[Cl-]. The molecular weight excluding hydrogens is 369 g/mol. The Hall–Kier alpha value is -1.52. The van der Waals surface area contributed by atoms with E-state index in [2.05, 4.69) is 20.7 Å². The molecule has 0 aliphatic heterocycles. The van der Waals surface area contributed by atoms with E-state index in [1.165, 1.54) is 0 Å². The first kappa shape index (κ1) is 22.5. The number of aliphatic hydroxyl groups excluding tert-OH is 1. The van der Waals surface area contributed by atoms with Crippen molar-refractivity contribution in [2.24, 2.45) is 0 Å². The van der Waals surface area contributed by atoms with Gasteiger partial charge >= 0.3 is 0 Å². The quantitative estimate of drug-likeness (QED) is 0.508. The Morgan fingerprint density at radius 1 is 1.12 bits per heavy atom. The van der Waals surface area contributed by atoms with Crippen molar-refractivity contribution in [1.82, 2.24) is 0 Å². The van der Waals surface area contributed by atoms with Gasteiger partial charge in [-0.05, 0) is 24.1 Å². The van der Waals surface area contributed by atoms with E-state index in [1.807, 2.05) is 54.6 Å². The lowest BCUT2D eigenvalue weighted by Gasteiger charge is -2.32. The van der Waals surface area contributed by atoms with E-state index in [9.17, 15) is 5.11 Å². The number of halogens is 2. The zero-order valence-electron chi connectivity index (χ0n) is 15.4. The summed E-state index contributed by atoms with van der Waals surface area (Å²) in [6.07, 6.45) is 2.04. The summed E-state index contributed by atoms with van der Waals surface area (Å²) < 4.78 is 6.47. The highest BCUT2D eigenvalue weighted by molar-refractivity contribution is 6.31. The fourth-order valence-electron chi connectivity index (χ4n) is 2.93. The Labute approximate surface area is 167 Å². The molecule has 2 aromatic carbocycles. The smallest absolute Gasteiger partial charge is 0.137 e. The summed E-state index contributed by atoms with van der Waals surface area (Å²) in [5.74, 6) is 0.804. The van der Waals surface area contributed by atoms with E-state index in [0.29, 0.717) is 11.0 Å². The number of hydrogen-bond acceptors (Lipinski definition) is 2. The zero-order valence-corrected chi connectivity index (χ0v) is 16.9. The number of rotatable bonds is 9. The van der Waals surface area contributed by atoms with Crippen molar-refractivity contribution < 1.29 is 26.7 Å². The number of quaternary nitrogens is 1. The highest BCUT2D eigenvalue weighted by Crippen LogP contribution is 2.21. The highest BCUT2D eigenvalue weighted by Gasteiger charge is 2.22. The van der Waals surface area contributed by atoms with Crippen molar-refractivity contribution in [1.29, 1.82) is 0 Å². The second-order valence-electron chi connectivity index (χ2n) is 6.93. The lowest BCUT2D eigenvalue weighted by molar-refractivity contribution is -0.906. The Balaban J connectivity index is 0.00000338. The number of para-hydroxylation sites is 1. The molecule has 1 atom stereocenters. The molecule has 0 saturated heterocycles. The minimum Gasteiger partial charge on any atom is -1.00 e. The number of likely N-dealkylation sites (N-methyl/N-ethyl adjacent to an activating group) is 1. The van der Waals surface area contributed by atoms with E-state index in [1.54, 1.807) is 0 Å².